The number of nitrogens with one attached hydrogen (secondary N) is 1. The molecule has 0 unspecified atom stereocenters. The van der Waals surface area contributed by atoms with Crippen LogP contribution < -0.4 is 10.1 Å². The van der Waals surface area contributed by atoms with Crippen molar-refractivity contribution in [2.45, 2.75) is 53.1 Å². The molecular weight excluding hydrogens is 472 g/mol. The molecule has 0 bridgehead atoms. The first-order valence-corrected chi connectivity index (χ1v) is 12.7. The second-order valence-electron chi connectivity index (χ2n) is 9.14. The molecule has 1 atom stereocenters. The van der Waals surface area contributed by atoms with Gasteiger partial charge in [-0.05, 0) is 73.2 Å². The highest BCUT2D eigenvalue weighted by atomic mass is 35.5. The van der Waals surface area contributed by atoms with Crippen molar-refractivity contribution < 1.29 is 14.3 Å². The van der Waals surface area contributed by atoms with Crippen molar-refractivity contribution in [3.05, 3.63) is 99.6 Å². The summed E-state index contributed by atoms with van der Waals surface area (Å²) in [6.07, 6.45) is 1.21. The number of halogens is 1. The fourth-order valence-electron chi connectivity index (χ4n) is 4.08. The number of carbonyl (C=O) groups excluding carboxylic acids is 2. The lowest BCUT2D eigenvalue weighted by molar-refractivity contribution is -0.142. The average Bonchev–Trinajstić information content (AvgIpc) is 2.87. The summed E-state index contributed by atoms with van der Waals surface area (Å²) >= 11 is 6.08. The number of hydrogen-bond acceptors (Lipinski definition) is 3. The van der Waals surface area contributed by atoms with Crippen LogP contribution in [0.4, 0.5) is 0 Å². The summed E-state index contributed by atoms with van der Waals surface area (Å²) in [4.78, 5) is 28.6. The lowest BCUT2D eigenvalue weighted by Crippen LogP contribution is -2.51. The van der Waals surface area contributed by atoms with Crippen LogP contribution in [0.3, 0.4) is 0 Å². The van der Waals surface area contributed by atoms with Gasteiger partial charge < -0.3 is 15.0 Å². The van der Waals surface area contributed by atoms with Gasteiger partial charge in [0.2, 0.25) is 5.91 Å². The predicted octanol–water partition coefficient (Wildman–Crippen LogP) is 5.81. The molecule has 0 saturated carbocycles. The van der Waals surface area contributed by atoms with Crippen LogP contribution in [0.5, 0.6) is 5.75 Å². The van der Waals surface area contributed by atoms with Crippen molar-refractivity contribution in [1.82, 2.24) is 10.2 Å². The summed E-state index contributed by atoms with van der Waals surface area (Å²) in [7, 11) is 0. The Balaban J connectivity index is 1.91. The zero-order valence-corrected chi connectivity index (χ0v) is 22.3. The van der Waals surface area contributed by atoms with Gasteiger partial charge in [0.25, 0.3) is 5.91 Å². The minimum Gasteiger partial charge on any atom is -0.483 e. The van der Waals surface area contributed by atoms with Crippen molar-refractivity contribution in [1.29, 1.82) is 0 Å². The van der Waals surface area contributed by atoms with Gasteiger partial charge in [-0.2, -0.15) is 0 Å². The van der Waals surface area contributed by atoms with Gasteiger partial charge in [-0.15, -0.1) is 0 Å². The second-order valence-corrected chi connectivity index (χ2v) is 9.57. The first-order chi connectivity index (χ1) is 17.3. The van der Waals surface area contributed by atoms with Crippen LogP contribution in [-0.2, 0) is 22.6 Å². The van der Waals surface area contributed by atoms with Crippen LogP contribution in [0, 0.1) is 20.8 Å². The van der Waals surface area contributed by atoms with Gasteiger partial charge in [0.1, 0.15) is 11.8 Å². The van der Waals surface area contributed by atoms with E-state index in [1.54, 1.807) is 17.0 Å². The van der Waals surface area contributed by atoms with E-state index >= 15 is 0 Å². The molecule has 0 heterocycles. The van der Waals surface area contributed by atoms with Crippen molar-refractivity contribution in [2.24, 2.45) is 0 Å². The molecule has 3 aromatic rings. The SMILES string of the molecule is CCCNC(=O)[C@@H](Cc1ccccc1)N(Cc1ccc(Cl)cc1)C(=O)COc1cc(C)cc(C)c1C. The maximum atomic E-state index is 13.7. The number of carbonyl (C=O) groups is 2. The second kappa shape index (κ2) is 13.1. The fraction of sp³-hybridized carbons (Fsp3) is 0.333. The lowest BCUT2D eigenvalue weighted by atomic mass is 10.0. The van der Waals surface area contributed by atoms with Gasteiger partial charge in [-0.3, -0.25) is 9.59 Å². The standard InChI is InChI=1S/C30H35ClN2O3/c1-5-15-32-30(35)27(18-24-9-7-6-8-10-24)33(19-25-11-13-26(31)14-12-25)29(34)20-36-28-17-21(2)16-22(3)23(28)4/h6-14,16-17,27H,5,15,18-20H2,1-4H3,(H,32,35)/t27-/m1/s1. The molecule has 0 saturated heterocycles. The largest absolute Gasteiger partial charge is 0.483 e. The van der Waals surface area contributed by atoms with Crippen molar-refractivity contribution in [2.75, 3.05) is 13.2 Å². The minimum absolute atomic E-state index is 0.163. The highest BCUT2D eigenvalue weighted by Gasteiger charge is 2.30. The third-order valence-electron chi connectivity index (χ3n) is 6.20. The lowest BCUT2D eigenvalue weighted by Gasteiger charge is -2.31. The summed E-state index contributed by atoms with van der Waals surface area (Å²) in [6, 6.07) is 20.4. The Bertz CT molecular complexity index is 1160. The Morgan fingerprint density at radius 2 is 1.67 bits per heavy atom. The van der Waals surface area contributed by atoms with Gasteiger partial charge >= 0.3 is 0 Å². The first-order valence-electron chi connectivity index (χ1n) is 12.3. The van der Waals surface area contributed by atoms with E-state index in [9.17, 15) is 9.59 Å². The van der Waals surface area contributed by atoms with Gasteiger partial charge in [0.15, 0.2) is 6.61 Å². The van der Waals surface area contributed by atoms with E-state index < -0.39 is 6.04 Å². The van der Waals surface area contributed by atoms with Gasteiger partial charge in [0, 0.05) is 24.5 Å². The number of nitrogens with zero attached hydrogens (tertiary/aromatic N) is 1. The molecule has 2 amide bonds. The number of ether oxygens (including phenoxy) is 1. The monoisotopic (exact) mass is 506 g/mol. The molecule has 190 valence electrons. The molecular formula is C30H35ClN2O3. The molecule has 0 aromatic heterocycles. The fourth-order valence-corrected chi connectivity index (χ4v) is 4.21. The smallest absolute Gasteiger partial charge is 0.261 e. The number of rotatable bonds is 11. The van der Waals surface area contributed by atoms with Crippen LogP contribution in [0.1, 0.15) is 41.2 Å². The zero-order chi connectivity index (χ0) is 26.1. The Morgan fingerprint density at radius 3 is 2.33 bits per heavy atom. The maximum Gasteiger partial charge on any atom is 0.261 e. The van der Waals surface area contributed by atoms with Crippen LogP contribution in [0.25, 0.3) is 0 Å². The zero-order valence-electron chi connectivity index (χ0n) is 21.5. The molecule has 0 aliphatic carbocycles. The van der Waals surface area contributed by atoms with Crippen molar-refractivity contribution in [3.63, 3.8) is 0 Å². The highest BCUT2D eigenvalue weighted by molar-refractivity contribution is 6.30. The molecule has 5 nitrogen and oxygen atoms in total. The van der Waals surface area contributed by atoms with Crippen molar-refractivity contribution in [3.8, 4) is 5.75 Å². The van der Waals surface area contributed by atoms with E-state index in [2.05, 4.69) is 11.4 Å². The van der Waals surface area contributed by atoms with Crippen LogP contribution in [0.2, 0.25) is 5.02 Å². The molecule has 0 fully saturated rings. The maximum absolute atomic E-state index is 13.7. The van der Waals surface area contributed by atoms with Gasteiger partial charge in [-0.1, -0.05) is 67.1 Å². The Hall–Kier alpha value is -3.31. The Morgan fingerprint density at radius 1 is 0.972 bits per heavy atom. The molecule has 3 aromatic carbocycles. The molecule has 0 radical (unpaired) electrons. The Labute approximate surface area is 219 Å². The molecule has 0 aliphatic rings. The predicted molar refractivity (Wildman–Crippen MR) is 145 cm³/mol. The summed E-state index contributed by atoms with van der Waals surface area (Å²) < 4.78 is 6.02. The van der Waals surface area contributed by atoms with Crippen molar-refractivity contribution >= 4 is 23.4 Å². The molecule has 3 rings (SSSR count). The number of amides is 2. The van der Waals surface area contributed by atoms with Crippen LogP contribution in [-0.4, -0.2) is 35.9 Å². The molecule has 1 N–H and O–H groups in total. The number of hydrogen-bond donors (Lipinski definition) is 1. The summed E-state index contributed by atoms with van der Waals surface area (Å²) in [5, 5.41) is 3.60. The average molecular weight is 507 g/mol. The van der Waals surface area contributed by atoms with E-state index in [0.717, 1.165) is 34.2 Å². The summed E-state index contributed by atoms with van der Waals surface area (Å²) in [5.41, 5.74) is 5.04. The number of benzene rings is 3. The molecule has 0 aliphatic heterocycles. The molecule has 0 spiro atoms. The third kappa shape index (κ3) is 7.59. The number of aryl methyl sites for hydroxylation is 2. The van der Waals surface area contributed by atoms with E-state index in [1.165, 1.54) is 0 Å². The summed E-state index contributed by atoms with van der Waals surface area (Å²) in [5.74, 6) is 0.254. The topological polar surface area (TPSA) is 58.6 Å². The van der Waals surface area contributed by atoms with Gasteiger partial charge in [-0.25, -0.2) is 0 Å². The van der Waals surface area contributed by atoms with E-state index in [0.29, 0.717) is 23.7 Å². The molecule has 6 heteroatoms. The Kier molecular flexibility index (Phi) is 9.95. The minimum atomic E-state index is -0.689. The highest BCUT2D eigenvalue weighted by Crippen LogP contribution is 2.24. The van der Waals surface area contributed by atoms with Crippen LogP contribution in [0.15, 0.2) is 66.7 Å². The van der Waals surface area contributed by atoms with Crippen LogP contribution >= 0.6 is 11.6 Å². The van der Waals surface area contributed by atoms with E-state index in [1.807, 2.05) is 76.2 Å². The summed E-state index contributed by atoms with van der Waals surface area (Å²) in [6.45, 7) is 8.66. The van der Waals surface area contributed by atoms with E-state index in [-0.39, 0.29) is 25.0 Å². The third-order valence-corrected chi connectivity index (χ3v) is 6.45. The first kappa shape index (κ1) is 27.3. The van der Waals surface area contributed by atoms with E-state index in [4.69, 9.17) is 16.3 Å². The quantitative estimate of drug-likeness (QED) is 0.357. The normalized spacial score (nSPS) is 11.6. The molecule has 36 heavy (non-hydrogen) atoms. The van der Waals surface area contributed by atoms with Gasteiger partial charge in [0.05, 0.1) is 0 Å².